The van der Waals surface area contributed by atoms with Crippen molar-refractivity contribution in [3.63, 3.8) is 0 Å². The maximum Gasteiger partial charge on any atom is 0.206 e. The molecule has 0 radical (unpaired) electrons. The number of phenolic OH excluding ortho intramolecular Hbond substituents is 1. The van der Waals surface area contributed by atoms with Gasteiger partial charge in [0.2, 0.25) is 11.3 Å². The van der Waals surface area contributed by atoms with Crippen molar-refractivity contribution in [3.05, 3.63) is 55.2 Å². The summed E-state index contributed by atoms with van der Waals surface area (Å²) in [5.74, 6) is 1.05. The highest BCUT2D eigenvalue weighted by atomic mass is 79.9. The van der Waals surface area contributed by atoms with Gasteiger partial charge in [-0.25, -0.2) is 0 Å². The lowest BCUT2D eigenvalue weighted by Gasteiger charge is -2.57. The number of Topliss-reactive ketones (excluding diaryl/α,β-unsaturated/α-hetero) is 1. The van der Waals surface area contributed by atoms with Crippen LogP contribution in [0.15, 0.2) is 44.2 Å². The highest BCUT2D eigenvalue weighted by Crippen LogP contribution is 2.58. The number of aromatic amines is 1. The molecule has 7 atom stereocenters. The Morgan fingerprint density at radius 2 is 1.91 bits per heavy atom. The number of fused-ring (bicyclic) bond motifs is 3. The summed E-state index contributed by atoms with van der Waals surface area (Å²) in [6.45, 7) is 6.44. The first kappa shape index (κ1) is 25.3. The van der Waals surface area contributed by atoms with Crippen LogP contribution in [-0.4, -0.2) is 26.3 Å². The molecule has 1 aromatic heterocycles. The van der Waals surface area contributed by atoms with Crippen molar-refractivity contribution < 1.29 is 14.6 Å². The second-order valence-electron chi connectivity index (χ2n) is 10.4. The van der Waals surface area contributed by atoms with Crippen molar-refractivity contribution in [2.75, 3.05) is 0 Å². The topological polar surface area (TPSA) is 79.4 Å². The van der Waals surface area contributed by atoms with Gasteiger partial charge in [-0.05, 0) is 94.4 Å². The third-order valence-corrected chi connectivity index (χ3v) is 11.5. The van der Waals surface area contributed by atoms with Crippen molar-refractivity contribution in [1.29, 1.82) is 0 Å². The maximum atomic E-state index is 14.2. The van der Waals surface area contributed by atoms with E-state index in [1.54, 1.807) is 12.3 Å². The van der Waals surface area contributed by atoms with Gasteiger partial charge in [0.25, 0.3) is 0 Å². The first-order chi connectivity index (χ1) is 16.6. The second kappa shape index (κ2) is 9.18. The Kier molecular flexibility index (Phi) is 6.63. The van der Waals surface area contributed by atoms with Crippen molar-refractivity contribution in [2.24, 2.45) is 29.6 Å². The van der Waals surface area contributed by atoms with Crippen LogP contribution in [0.4, 0.5) is 0 Å². The third-order valence-electron chi connectivity index (χ3n) is 8.29. The predicted octanol–water partition coefficient (Wildman–Crippen LogP) is 7.24. The number of H-pyrrole nitrogens is 1. The number of halogens is 3. The van der Waals surface area contributed by atoms with Crippen LogP contribution in [0.5, 0.6) is 11.6 Å². The summed E-state index contributed by atoms with van der Waals surface area (Å²) in [4.78, 5) is 31.0. The van der Waals surface area contributed by atoms with Crippen LogP contribution < -0.4 is 10.2 Å². The Bertz CT molecular complexity index is 1280. The van der Waals surface area contributed by atoms with E-state index in [1.807, 2.05) is 13.0 Å². The average Bonchev–Trinajstić information content (AvgIpc) is 2.81. The zero-order valence-electron chi connectivity index (χ0n) is 19.8. The maximum absolute atomic E-state index is 14.2. The molecule has 5 rings (SSSR count). The summed E-state index contributed by atoms with van der Waals surface area (Å²) >= 11 is 10.8. The quantitative estimate of drug-likeness (QED) is 0.261. The number of nitrogens with one attached hydrogen (secondary N) is 1. The van der Waals surface area contributed by atoms with E-state index in [9.17, 15) is 14.7 Å². The number of ether oxygens (including phenoxy) is 1. The number of carbonyl (C=O) groups is 1. The van der Waals surface area contributed by atoms with Crippen molar-refractivity contribution in [3.8, 4) is 22.8 Å². The molecule has 2 heterocycles. The Morgan fingerprint density at radius 3 is 2.63 bits per heavy atom. The van der Waals surface area contributed by atoms with Gasteiger partial charge in [0.05, 0.1) is 14.7 Å². The Balaban J connectivity index is 1.66. The zero-order chi connectivity index (χ0) is 25.2. The summed E-state index contributed by atoms with van der Waals surface area (Å²) in [5.41, 5.74) is 0.639. The lowest BCUT2D eigenvalue weighted by atomic mass is 9.53. The number of benzene rings is 1. The molecule has 35 heavy (non-hydrogen) atoms. The summed E-state index contributed by atoms with van der Waals surface area (Å²) in [5, 5.41) is 10.00. The Hall–Kier alpha value is -1.38. The lowest BCUT2D eigenvalue weighted by molar-refractivity contribution is -0.0461. The van der Waals surface area contributed by atoms with E-state index >= 15 is 0 Å². The number of carbonyl (C=O) groups excluding carboxylic acids is 1. The molecular weight excluding hydrogens is 642 g/mol. The SMILES string of the molecule is C/C=C/[C@@H]1[C@H]2C[C@@H](C)CC[C@@H]2[C@](C)(Br)[C@H]2Oc3[nH]cc(-c4ccc(O)c(Br)c4Br)c(=O)c3C(=O)[C@@H]12. The molecule has 0 unspecified atom stereocenters. The van der Waals surface area contributed by atoms with E-state index in [1.165, 1.54) is 12.5 Å². The van der Waals surface area contributed by atoms with Crippen LogP contribution in [0.25, 0.3) is 11.1 Å². The molecule has 1 aromatic carbocycles. The summed E-state index contributed by atoms with van der Waals surface area (Å²) < 4.78 is 7.11. The predicted molar refractivity (Wildman–Crippen MR) is 147 cm³/mol. The van der Waals surface area contributed by atoms with Crippen LogP contribution in [0.1, 0.15) is 50.4 Å². The van der Waals surface area contributed by atoms with Crippen molar-refractivity contribution in [2.45, 2.75) is 50.5 Å². The molecule has 2 aromatic rings. The van der Waals surface area contributed by atoms with E-state index in [0.29, 0.717) is 37.8 Å². The van der Waals surface area contributed by atoms with Crippen molar-refractivity contribution in [1.82, 2.24) is 4.98 Å². The minimum absolute atomic E-state index is 0.0154. The molecule has 2 saturated carbocycles. The molecule has 0 saturated heterocycles. The van der Waals surface area contributed by atoms with Gasteiger partial charge in [0.15, 0.2) is 5.78 Å². The third kappa shape index (κ3) is 3.89. The number of phenols is 1. The second-order valence-corrected chi connectivity index (χ2v) is 13.7. The zero-order valence-corrected chi connectivity index (χ0v) is 24.5. The van der Waals surface area contributed by atoms with Gasteiger partial charge in [-0.15, -0.1) is 0 Å². The molecule has 5 nitrogen and oxygen atoms in total. The molecule has 0 amide bonds. The minimum Gasteiger partial charge on any atom is -0.507 e. The number of pyridine rings is 1. The largest absolute Gasteiger partial charge is 0.507 e. The molecule has 3 aliphatic rings. The van der Waals surface area contributed by atoms with Gasteiger partial charge in [-0.3, -0.25) is 9.59 Å². The van der Waals surface area contributed by atoms with Crippen LogP contribution >= 0.6 is 47.8 Å². The summed E-state index contributed by atoms with van der Waals surface area (Å²) in [7, 11) is 0. The average molecular weight is 670 g/mol. The number of allylic oxidation sites excluding steroid dienone is 2. The molecule has 2 fully saturated rings. The standard InChI is InChI=1S/C27H28Br3NO4/c1-4-5-13-15-10-12(2)6-8-17(15)27(3,30)25-19(13)24(34)20-23(33)16(11-31-26(20)35-25)14-7-9-18(32)22(29)21(14)28/h4-5,7,9,11-13,15,17,19,25,32H,6,8,10H2,1-3H3,(H,31,33)/b5-4+/t12-,13+,15+,17-,19+,25-,27-/m0/s1. The minimum atomic E-state index is -0.444. The molecule has 1 aliphatic heterocycles. The Labute approximate surface area is 230 Å². The number of aromatic nitrogens is 1. The van der Waals surface area contributed by atoms with Gasteiger partial charge in [0, 0.05) is 21.8 Å². The number of ketones is 1. The van der Waals surface area contributed by atoms with E-state index in [0.717, 1.165) is 12.8 Å². The highest BCUT2D eigenvalue weighted by Gasteiger charge is 2.61. The van der Waals surface area contributed by atoms with Crippen LogP contribution in [0, 0.1) is 29.6 Å². The van der Waals surface area contributed by atoms with Crippen LogP contribution in [0.3, 0.4) is 0 Å². The van der Waals surface area contributed by atoms with Gasteiger partial charge in [-0.2, -0.15) is 0 Å². The molecule has 0 spiro atoms. The molecule has 8 heteroatoms. The van der Waals surface area contributed by atoms with Crippen LogP contribution in [-0.2, 0) is 0 Å². The molecule has 2 N–H and O–H groups in total. The Morgan fingerprint density at radius 1 is 1.17 bits per heavy atom. The molecule has 186 valence electrons. The first-order valence-corrected chi connectivity index (χ1v) is 14.4. The monoisotopic (exact) mass is 667 g/mol. The fourth-order valence-corrected chi connectivity index (χ4v) is 8.48. The number of hydrogen-bond acceptors (Lipinski definition) is 4. The smallest absolute Gasteiger partial charge is 0.206 e. The van der Waals surface area contributed by atoms with Gasteiger partial charge in [-0.1, -0.05) is 41.4 Å². The van der Waals surface area contributed by atoms with E-state index in [4.69, 9.17) is 4.74 Å². The highest BCUT2D eigenvalue weighted by molar-refractivity contribution is 9.13. The van der Waals surface area contributed by atoms with E-state index in [-0.39, 0.29) is 44.8 Å². The van der Waals surface area contributed by atoms with Gasteiger partial charge in [0.1, 0.15) is 17.4 Å². The fourth-order valence-electron chi connectivity index (χ4n) is 6.64. The van der Waals surface area contributed by atoms with Gasteiger partial charge < -0.3 is 14.8 Å². The normalized spacial score (nSPS) is 34.2. The number of hydrogen-bond donors (Lipinski definition) is 2. The van der Waals surface area contributed by atoms with Gasteiger partial charge >= 0.3 is 0 Å². The molecule has 0 bridgehead atoms. The number of alkyl halides is 1. The number of aromatic hydroxyl groups is 1. The lowest BCUT2D eigenvalue weighted by Crippen LogP contribution is -2.63. The van der Waals surface area contributed by atoms with E-state index < -0.39 is 5.92 Å². The van der Waals surface area contributed by atoms with E-state index in [2.05, 4.69) is 72.7 Å². The number of rotatable bonds is 2. The van der Waals surface area contributed by atoms with Crippen LogP contribution in [0.2, 0.25) is 0 Å². The molecular formula is C27H28Br3NO4. The fraction of sp³-hybridized carbons (Fsp3) is 0.481. The first-order valence-electron chi connectivity index (χ1n) is 12.0. The summed E-state index contributed by atoms with van der Waals surface area (Å²) in [6.07, 6.45) is 8.72. The van der Waals surface area contributed by atoms with Crippen molar-refractivity contribution >= 4 is 53.6 Å². The molecule has 2 aliphatic carbocycles. The summed E-state index contributed by atoms with van der Waals surface area (Å²) in [6, 6.07) is 3.17.